The van der Waals surface area contributed by atoms with Crippen LogP contribution in [-0.4, -0.2) is 33.5 Å². The normalized spacial score (nSPS) is 17.8. The highest BCUT2D eigenvalue weighted by Gasteiger charge is 2.43. The third kappa shape index (κ3) is 4.28. The van der Waals surface area contributed by atoms with E-state index >= 15 is 0 Å². The molecule has 1 heterocycles. The molecule has 1 aromatic rings. The fraction of sp³-hybridized carbons (Fsp3) is 0.600. The quantitative estimate of drug-likeness (QED) is 0.586. The van der Waals surface area contributed by atoms with Crippen LogP contribution in [0.15, 0.2) is 51.0 Å². The number of benzene rings is 1. The highest BCUT2D eigenvalue weighted by atomic mass is 28.3. The lowest BCUT2D eigenvalue weighted by atomic mass is 9.87. The SMILES string of the molecule is C[Si](C)(C)CCOCC1(C(CN)c2ccccc2)N=NN=N1. The third-order valence-electron chi connectivity index (χ3n) is 3.78. The summed E-state index contributed by atoms with van der Waals surface area (Å²) >= 11 is 0. The summed E-state index contributed by atoms with van der Waals surface area (Å²) in [5, 5.41) is 15.9. The second kappa shape index (κ2) is 7.21. The smallest absolute Gasteiger partial charge is 0.226 e. The van der Waals surface area contributed by atoms with Crippen LogP contribution < -0.4 is 5.73 Å². The van der Waals surface area contributed by atoms with Crippen LogP contribution in [-0.2, 0) is 4.74 Å². The minimum atomic E-state index is -1.12. The van der Waals surface area contributed by atoms with Gasteiger partial charge in [0.2, 0.25) is 5.66 Å². The van der Waals surface area contributed by atoms with E-state index < -0.39 is 13.7 Å². The van der Waals surface area contributed by atoms with E-state index in [-0.39, 0.29) is 5.92 Å². The Bertz CT molecular complexity index is 514. The average Bonchev–Trinajstić information content (AvgIpc) is 2.94. The summed E-state index contributed by atoms with van der Waals surface area (Å²) in [6.45, 7) is 8.48. The molecule has 1 unspecified atom stereocenters. The first kappa shape index (κ1) is 16.9. The van der Waals surface area contributed by atoms with Crippen molar-refractivity contribution in [3.05, 3.63) is 35.9 Å². The molecule has 0 radical (unpaired) electrons. The Hall–Kier alpha value is -1.44. The van der Waals surface area contributed by atoms with Gasteiger partial charge in [0.1, 0.15) is 0 Å². The Labute approximate surface area is 132 Å². The Kier molecular flexibility index (Phi) is 5.55. The molecule has 0 aromatic heterocycles. The van der Waals surface area contributed by atoms with Crippen LogP contribution in [0.25, 0.3) is 0 Å². The van der Waals surface area contributed by atoms with Crippen molar-refractivity contribution in [1.82, 2.24) is 0 Å². The standard InChI is InChI=1S/C15H25N5OSi/c1-22(2,3)10-9-21-12-15(17-19-20-18-15)14(11-16)13-7-5-4-6-8-13/h4-8,14H,9-12,16H2,1-3H3. The zero-order valence-corrected chi connectivity index (χ0v) is 14.6. The van der Waals surface area contributed by atoms with E-state index in [1.54, 1.807) is 0 Å². The number of hydrogen-bond donors (Lipinski definition) is 1. The van der Waals surface area contributed by atoms with Crippen molar-refractivity contribution in [1.29, 1.82) is 0 Å². The van der Waals surface area contributed by atoms with Gasteiger partial charge in [-0.3, -0.25) is 0 Å². The van der Waals surface area contributed by atoms with Crippen molar-refractivity contribution in [2.45, 2.75) is 37.3 Å². The number of nitrogens with zero attached hydrogens (tertiary/aromatic N) is 4. The molecular weight excluding hydrogens is 294 g/mol. The maximum atomic E-state index is 5.99. The molecular formula is C15H25N5OSi. The van der Waals surface area contributed by atoms with E-state index in [4.69, 9.17) is 10.5 Å². The van der Waals surface area contributed by atoms with Crippen molar-refractivity contribution in [3.63, 3.8) is 0 Å². The second-order valence-electron chi connectivity index (χ2n) is 6.82. The monoisotopic (exact) mass is 319 g/mol. The number of ether oxygens (including phenoxy) is 1. The zero-order valence-electron chi connectivity index (χ0n) is 13.6. The van der Waals surface area contributed by atoms with Crippen LogP contribution in [0.2, 0.25) is 25.7 Å². The number of rotatable bonds is 8. The van der Waals surface area contributed by atoms with Crippen molar-refractivity contribution < 1.29 is 4.74 Å². The van der Waals surface area contributed by atoms with Crippen LogP contribution in [0.1, 0.15) is 11.5 Å². The van der Waals surface area contributed by atoms with E-state index in [1.165, 1.54) is 0 Å². The highest BCUT2D eigenvalue weighted by molar-refractivity contribution is 6.76. The molecule has 7 heteroatoms. The van der Waals surface area contributed by atoms with Gasteiger partial charge in [-0.2, -0.15) is 0 Å². The van der Waals surface area contributed by atoms with Gasteiger partial charge in [0.05, 0.1) is 6.61 Å². The lowest BCUT2D eigenvalue weighted by molar-refractivity contribution is 0.0854. The molecule has 0 spiro atoms. The van der Waals surface area contributed by atoms with Crippen LogP contribution >= 0.6 is 0 Å². The highest BCUT2D eigenvalue weighted by Crippen LogP contribution is 2.36. The molecule has 2 rings (SSSR count). The average molecular weight is 319 g/mol. The minimum Gasteiger partial charge on any atom is -0.377 e. The molecule has 0 saturated heterocycles. The molecule has 0 bridgehead atoms. The fourth-order valence-corrected chi connectivity index (χ4v) is 3.15. The molecule has 0 aliphatic carbocycles. The first-order valence-electron chi connectivity index (χ1n) is 7.64. The van der Waals surface area contributed by atoms with Gasteiger partial charge in [-0.1, -0.05) is 50.0 Å². The summed E-state index contributed by atoms with van der Waals surface area (Å²) < 4.78 is 5.87. The van der Waals surface area contributed by atoms with Crippen molar-refractivity contribution in [2.24, 2.45) is 26.4 Å². The molecule has 2 N–H and O–H groups in total. The van der Waals surface area contributed by atoms with Gasteiger partial charge >= 0.3 is 0 Å². The van der Waals surface area contributed by atoms with Crippen LogP contribution in [0.4, 0.5) is 0 Å². The molecule has 0 amide bonds. The number of hydrogen-bond acceptors (Lipinski definition) is 6. The zero-order chi connectivity index (χ0) is 16.1. The van der Waals surface area contributed by atoms with Gasteiger partial charge < -0.3 is 10.5 Å². The van der Waals surface area contributed by atoms with Gasteiger partial charge in [-0.25, -0.2) is 0 Å². The summed E-state index contributed by atoms with van der Waals surface area (Å²) in [7, 11) is -1.12. The maximum Gasteiger partial charge on any atom is 0.226 e. The fourth-order valence-electron chi connectivity index (χ4n) is 2.39. The van der Waals surface area contributed by atoms with E-state index in [2.05, 4.69) is 40.3 Å². The van der Waals surface area contributed by atoms with Gasteiger partial charge in [0.25, 0.3) is 0 Å². The van der Waals surface area contributed by atoms with Crippen molar-refractivity contribution in [3.8, 4) is 0 Å². The predicted molar refractivity (Wildman–Crippen MR) is 89.7 cm³/mol. The van der Waals surface area contributed by atoms with Crippen LogP contribution in [0, 0.1) is 0 Å². The van der Waals surface area contributed by atoms with E-state index in [0.717, 1.165) is 11.6 Å². The van der Waals surface area contributed by atoms with Gasteiger partial charge in [0, 0.05) is 27.1 Å². The summed E-state index contributed by atoms with van der Waals surface area (Å²) in [6, 6.07) is 11.1. The first-order valence-corrected chi connectivity index (χ1v) is 11.3. The molecule has 22 heavy (non-hydrogen) atoms. The van der Waals surface area contributed by atoms with Crippen LogP contribution in [0.3, 0.4) is 0 Å². The molecule has 1 aromatic carbocycles. The molecule has 120 valence electrons. The summed E-state index contributed by atoms with van der Waals surface area (Å²) in [4.78, 5) is 0. The lowest BCUT2D eigenvalue weighted by Gasteiger charge is -2.29. The summed E-state index contributed by atoms with van der Waals surface area (Å²) in [5.41, 5.74) is 6.25. The van der Waals surface area contributed by atoms with Gasteiger partial charge in [0.15, 0.2) is 0 Å². The van der Waals surface area contributed by atoms with Crippen molar-refractivity contribution in [2.75, 3.05) is 19.8 Å². The first-order chi connectivity index (χ1) is 10.5. The number of nitrogens with two attached hydrogens (primary N) is 1. The lowest BCUT2D eigenvalue weighted by Crippen LogP contribution is -2.40. The molecule has 0 saturated carbocycles. The maximum absolute atomic E-state index is 5.99. The molecule has 6 nitrogen and oxygen atoms in total. The topological polar surface area (TPSA) is 84.7 Å². The second-order valence-corrected chi connectivity index (χ2v) is 12.4. The molecule has 0 fully saturated rings. The molecule has 1 atom stereocenters. The van der Waals surface area contributed by atoms with E-state index in [1.807, 2.05) is 30.3 Å². The van der Waals surface area contributed by atoms with Crippen molar-refractivity contribution >= 4 is 8.07 Å². The Morgan fingerprint density at radius 3 is 2.32 bits per heavy atom. The van der Waals surface area contributed by atoms with Gasteiger partial charge in [-0.05, 0) is 22.1 Å². The summed E-state index contributed by atoms with van der Waals surface area (Å²) in [6.07, 6.45) is 0. The largest absolute Gasteiger partial charge is 0.377 e. The summed E-state index contributed by atoms with van der Waals surface area (Å²) in [5.74, 6) is -0.0874. The predicted octanol–water partition coefficient (Wildman–Crippen LogP) is 3.61. The van der Waals surface area contributed by atoms with Crippen LogP contribution in [0.5, 0.6) is 0 Å². The Balaban J connectivity index is 2.08. The van der Waals surface area contributed by atoms with E-state index in [0.29, 0.717) is 19.8 Å². The molecule has 1 aliphatic heterocycles. The Morgan fingerprint density at radius 2 is 1.77 bits per heavy atom. The van der Waals surface area contributed by atoms with Gasteiger partial charge in [-0.15, -0.1) is 10.2 Å². The molecule has 1 aliphatic rings. The minimum absolute atomic E-state index is 0.0874. The Morgan fingerprint density at radius 1 is 1.14 bits per heavy atom. The third-order valence-corrected chi connectivity index (χ3v) is 5.49. The van der Waals surface area contributed by atoms with E-state index in [9.17, 15) is 0 Å².